The molecule has 0 spiro atoms. The number of benzene rings is 2. The fourth-order valence-electron chi connectivity index (χ4n) is 1.93. The van der Waals surface area contributed by atoms with E-state index in [1.54, 1.807) is 24.3 Å². The lowest BCUT2D eigenvalue weighted by molar-refractivity contribution is -0.274. The van der Waals surface area contributed by atoms with Crippen LogP contribution < -0.4 is 21.1 Å². The van der Waals surface area contributed by atoms with Crippen molar-refractivity contribution in [3.05, 3.63) is 60.2 Å². The number of nitrogens with two attached hydrogens (primary N) is 1. The number of carbonyl (C=O) groups excluding carboxylic acids is 1. The van der Waals surface area contributed by atoms with Crippen molar-refractivity contribution in [2.45, 2.75) is 12.9 Å². The molecule has 2 aromatic carbocycles. The zero-order valence-electron chi connectivity index (χ0n) is 14.0. The molecule has 0 aromatic heterocycles. The van der Waals surface area contributed by atoms with Gasteiger partial charge in [-0.05, 0) is 29.8 Å². The van der Waals surface area contributed by atoms with Gasteiger partial charge in [0.2, 0.25) is 5.91 Å². The molecule has 0 heterocycles. The van der Waals surface area contributed by atoms with Crippen LogP contribution in [0.5, 0.6) is 5.75 Å². The Hall–Kier alpha value is -2.50. The number of nitrogens with zero attached hydrogens (tertiary/aromatic N) is 1. The summed E-state index contributed by atoms with van der Waals surface area (Å²) in [6.07, 6.45) is -4.73. The maximum Gasteiger partial charge on any atom is 0.573 e. The number of hydrogen-bond donors (Lipinski definition) is 3. The first-order valence-corrected chi connectivity index (χ1v) is 7.55. The van der Waals surface area contributed by atoms with Crippen LogP contribution in [0, 0.1) is 0 Å². The first-order valence-electron chi connectivity index (χ1n) is 7.55. The molecule has 0 saturated carbocycles. The van der Waals surface area contributed by atoms with E-state index in [-0.39, 0.29) is 54.7 Å². The minimum atomic E-state index is -4.73. The summed E-state index contributed by atoms with van der Waals surface area (Å²) in [4.78, 5) is 15.8. The number of guanidine groups is 1. The Morgan fingerprint density at radius 3 is 2.30 bits per heavy atom. The van der Waals surface area contributed by atoms with Gasteiger partial charge in [0, 0.05) is 5.69 Å². The Kier molecular flexibility index (Phi) is 8.85. The predicted octanol–water partition coefficient (Wildman–Crippen LogP) is 3.25. The maximum absolute atomic E-state index is 12.1. The van der Waals surface area contributed by atoms with Gasteiger partial charge < -0.3 is 21.1 Å². The van der Waals surface area contributed by atoms with E-state index in [2.05, 4.69) is 20.4 Å². The molecular weight excluding hydrogens is 476 g/mol. The van der Waals surface area contributed by atoms with Gasteiger partial charge in [-0.15, -0.1) is 37.1 Å². The van der Waals surface area contributed by atoms with Gasteiger partial charge in [-0.2, -0.15) is 0 Å². The fraction of sp³-hybridized carbons (Fsp3) is 0.176. The van der Waals surface area contributed by atoms with Crippen molar-refractivity contribution in [1.82, 2.24) is 5.32 Å². The van der Waals surface area contributed by atoms with Crippen LogP contribution in [-0.4, -0.2) is 24.8 Å². The number of para-hydroxylation sites is 1. The molecule has 0 radical (unpaired) electrons. The van der Waals surface area contributed by atoms with Crippen molar-refractivity contribution in [3.63, 3.8) is 0 Å². The second-order valence-corrected chi connectivity index (χ2v) is 5.16. The minimum absolute atomic E-state index is 0. The van der Waals surface area contributed by atoms with Gasteiger partial charge in [0.15, 0.2) is 5.96 Å². The Bertz CT molecular complexity index is 753. The Morgan fingerprint density at radius 1 is 1.07 bits per heavy atom. The van der Waals surface area contributed by atoms with Crippen LogP contribution in [0.25, 0.3) is 0 Å². The quantitative estimate of drug-likeness (QED) is 0.327. The molecule has 2 rings (SSSR count). The van der Waals surface area contributed by atoms with Gasteiger partial charge in [0.1, 0.15) is 5.75 Å². The van der Waals surface area contributed by atoms with Gasteiger partial charge >= 0.3 is 6.36 Å². The molecule has 0 bridgehead atoms. The zero-order valence-corrected chi connectivity index (χ0v) is 16.3. The summed E-state index contributed by atoms with van der Waals surface area (Å²) in [5.41, 5.74) is 6.96. The summed E-state index contributed by atoms with van der Waals surface area (Å²) >= 11 is 0. The largest absolute Gasteiger partial charge is 0.573 e. The Balaban J connectivity index is 0.00000364. The van der Waals surface area contributed by atoms with Crippen LogP contribution in [0.2, 0.25) is 0 Å². The highest BCUT2D eigenvalue weighted by molar-refractivity contribution is 14.0. The average Bonchev–Trinajstić information content (AvgIpc) is 2.59. The molecule has 0 atom stereocenters. The van der Waals surface area contributed by atoms with Crippen LogP contribution >= 0.6 is 24.0 Å². The fourth-order valence-corrected chi connectivity index (χ4v) is 1.93. The van der Waals surface area contributed by atoms with Crippen molar-refractivity contribution >= 4 is 41.5 Å². The molecule has 2 aromatic rings. The molecule has 0 aliphatic rings. The lowest BCUT2D eigenvalue weighted by Gasteiger charge is -2.09. The Morgan fingerprint density at radius 2 is 1.70 bits per heavy atom. The number of amides is 1. The van der Waals surface area contributed by atoms with E-state index in [9.17, 15) is 18.0 Å². The molecule has 6 nitrogen and oxygen atoms in total. The molecule has 4 N–H and O–H groups in total. The van der Waals surface area contributed by atoms with E-state index in [4.69, 9.17) is 5.73 Å². The third kappa shape index (κ3) is 9.13. The summed E-state index contributed by atoms with van der Waals surface area (Å²) in [5.74, 6) is -0.555. The normalized spacial score (nSPS) is 11.3. The molecule has 27 heavy (non-hydrogen) atoms. The summed E-state index contributed by atoms with van der Waals surface area (Å²) in [5, 5.41) is 5.34. The van der Waals surface area contributed by atoms with E-state index in [0.29, 0.717) is 11.3 Å². The standard InChI is InChI=1S/C17H17F3N4O2.HI/c18-17(19,20)26-14-8-6-12(7-9-14)10-22-16(21)23-11-15(25)24-13-4-2-1-3-5-13;/h1-9H,10-11H2,(H,24,25)(H3,21,22,23);1H. The molecule has 1 amide bonds. The van der Waals surface area contributed by atoms with Crippen molar-refractivity contribution in [2.75, 3.05) is 11.9 Å². The van der Waals surface area contributed by atoms with Crippen LogP contribution in [0.15, 0.2) is 59.6 Å². The van der Waals surface area contributed by atoms with Crippen molar-refractivity contribution in [2.24, 2.45) is 10.7 Å². The number of aliphatic imine (C=N–C) groups is 1. The van der Waals surface area contributed by atoms with E-state index in [0.717, 1.165) is 0 Å². The van der Waals surface area contributed by atoms with Crippen molar-refractivity contribution in [3.8, 4) is 5.75 Å². The lowest BCUT2D eigenvalue weighted by atomic mass is 10.2. The van der Waals surface area contributed by atoms with Gasteiger partial charge in [-0.1, -0.05) is 30.3 Å². The van der Waals surface area contributed by atoms with Gasteiger partial charge in [0.05, 0.1) is 13.1 Å². The number of alkyl halides is 3. The molecule has 0 aliphatic heterocycles. The number of rotatable bonds is 6. The second-order valence-electron chi connectivity index (χ2n) is 5.16. The van der Waals surface area contributed by atoms with E-state index in [1.807, 2.05) is 6.07 Å². The van der Waals surface area contributed by atoms with E-state index >= 15 is 0 Å². The zero-order chi connectivity index (χ0) is 19.0. The molecule has 0 saturated heterocycles. The maximum atomic E-state index is 12.1. The summed E-state index contributed by atoms with van der Waals surface area (Å²) in [6, 6.07) is 14.2. The average molecular weight is 494 g/mol. The van der Waals surface area contributed by atoms with Crippen molar-refractivity contribution < 1.29 is 22.7 Å². The highest BCUT2D eigenvalue weighted by atomic mass is 127. The monoisotopic (exact) mass is 494 g/mol. The van der Waals surface area contributed by atoms with Crippen LogP contribution in [-0.2, 0) is 11.3 Å². The summed E-state index contributed by atoms with van der Waals surface area (Å²) in [6.45, 7) is 0.0774. The highest BCUT2D eigenvalue weighted by Gasteiger charge is 2.30. The number of hydrogen-bond acceptors (Lipinski definition) is 3. The third-order valence-electron chi connectivity index (χ3n) is 3.08. The molecule has 0 fully saturated rings. The van der Waals surface area contributed by atoms with E-state index in [1.165, 1.54) is 24.3 Å². The molecule has 10 heteroatoms. The number of carbonyl (C=O) groups is 1. The first-order chi connectivity index (χ1) is 12.3. The van der Waals surface area contributed by atoms with Crippen LogP contribution in [0.3, 0.4) is 0 Å². The van der Waals surface area contributed by atoms with E-state index < -0.39 is 6.36 Å². The number of nitrogens with one attached hydrogen (secondary N) is 2. The van der Waals surface area contributed by atoms with Crippen LogP contribution in [0.4, 0.5) is 18.9 Å². The Labute approximate surface area is 171 Å². The SMILES string of the molecule is I.NC(=NCc1ccc(OC(F)(F)F)cc1)NCC(=O)Nc1ccccc1. The second kappa shape index (κ2) is 10.6. The smallest absolute Gasteiger partial charge is 0.406 e. The van der Waals surface area contributed by atoms with Crippen molar-refractivity contribution in [1.29, 1.82) is 0 Å². The van der Waals surface area contributed by atoms with Gasteiger partial charge in [-0.25, -0.2) is 4.99 Å². The molecule has 0 aliphatic carbocycles. The van der Waals surface area contributed by atoms with Gasteiger partial charge in [-0.3, -0.25) is 4.79 Å². The lowest BCUT2D eigenvalue weighted by Crippen LogP contribution is -2.37. The first kappa shape index (κ1) is 22.5. The third-order valence-corrected chi connectivity index (χ3v) is 3.08. The minimum Gasteiger partial charge on any atom is -0.406 e. The highest BCUT2D eigenvalue weighted by Crippen LogP contribution is 2.22. The van der Waals surface area contributed by atoms with Crippen LogP contribution in [0.1, 0.15) is 5.56 Å². The van der Waals surface area contributed by atoms with Gasteiger partial charge in [0.25, 0.3) is 0 Å². The number of ether oxygens (including phenoxy) is 1. The summed E-state index contributed by atoms with van der Waals surface area (Å²) in [7, 11) is 0. The molecule has 146 valence electrons. The predicted molar refractivity (Wildman–Crippen MR) is 107 cm³/mol. The molecular formula is C17H18F3IN4O2. The molecule has 0 unspecified atom stereocenters. The number of anilines is 1. The summed E-state index contributed by atoms with van der Waals surface area (Å²) < 4.78 is 40.0. The topological polar surface area (TPSA) is 88.7 Å². The number of halogens is 4.